The second-order valence-corrected chi connectivity index (χ2v) is 3.74. The summed E-state index contributed by atoms with van der Waals surface area (Å²) >= 11 is 4.13. The van der Waals surface area contributed by atoms with Crippen molar-refractivity contribution < 1.29 is 4.79 Å². The van der Waals surface area contributed by atoms with Crippen LogP contribution in [0.15, 0.2) is 24.3 Å². The molecule has 0 spiro atoms. The quantitative estimate of drug-likeness (QED) is 0.510. The minimum atomic E-state index is 0.0657. The van der Waals surface area contributed by atoms with E-state index in [9.17, 15) is 4.79 Å². The highest BCUT2D eigenvalue weighted by Crippen LogP contribution is 2.14. The summed E-state index contributed by atoms with van der Waals surface area (Å²) in [4.78, 5) is 11.5. The number of rotatable bonds is 6. The molecule has 2 heteroatoms. The Morgan fingerprint density at radius 3 is 2.46 bits per heavy atom. The minimum absolute atomic E-state index is 0.0657. The third-order valence-corrected chi connectivity index (χ3v) is 2.52. The van der Waals surface area contributed by atoms with Gasteiger partial charge in [-0.2, -0.15) is 12.6 Å². The summed E-state index contributed by atoms with van der Waals surface area (Å²) in [6.07, 6.45) is 11.8. The van der Waals surface area contributed by atoms with E-state index >= 15 is 0 Å². The molecule has 0 saturated heterocycles. The molecule has 0 atom stereocenters. The van der Waals surface area contributed by atoms with Crippen molar-refractivity contribution in [2.24, 2.45) is 5.92 Å². The number of carbonyl (C=O) groups is 1. The molecule has 0 heterocycles. The Morgan fingerprint density at radius 1 is 1.15 bits per heavy atom. The molecule has 1 nitrogen and oxygen atoms in total. The van der Waals surface area contributed by atoms with Crippen LogP contribution in [0, 0.1) is 5.92 Å². The molecule has 0 aromatic carbocycles. The summed E-state index contributed by atoms with van der Waals surface area (Å²) < 4.78 is 0. The average molecular weight is 196 g/mol. The second kappa shape index (κ2) is 6.03. The summed E-state index contributed by atoms with van der Waals surface area (Å²) in [5.41, 5.74) is 0. The van der Waals surface area contributed by atoms with E-state index in [0.29, 0.717) is 12.2 Å². The van der Waals surface area contributed by atoms with E-state index in [-0.39, 0.29) is 5.92 Å². The fourth-order valence-electron chi connectivity index (χ4n) is 1.40. The van der Waals surface area contributed by atoms with Crippen LogP contribution in [0.2, 0.25) is 0 Å². The van der Waals surface area contributed by atoms with Gasteiger partial charge < -0.3 is 0 Å². The van der Waals surface area contributed by atoms with E-state index in [4.69, 9.17) is 0 Å². The number of hydrogen-bond donors (Lipinski definition) is 1. The van der Waals surface area contributed by atoms with Crippen molar-refractivity contribution in [2.45, 2.75) is 25.7 Å². The number of ketones is 1. The Bertz CT molecular complexity index is 206. The molecule has 0 N–H and O–H groups in total. The standard InChI is InChI=1S/C11H16OS/c12-11(8-2-1-5-9-13)10-6-3-4-7-10/h3-4,6-7,10,13H,1-2,5,8-9H2. The largest absolute Gasteiger partial charge is 0.299 e. The van der Waals surface area contributed by atoms with Crippen LogP contribution in [0.3, 0.4) is 0 Å². The molecule has 13 heavy (non-hydrogen) atoms. The van der Waals surface area contributed by atoms with E-state index in [1.54, 1.807) is 0 Å². The van der Waals surface area contributed by atoms with Crippen LogP contribution in [0.25, 0.3) is 0 Å². The zero-order chi connectivity index (χ0) is 9.52. The van der Waals surface area contributed by atoms with E-state index in [0.717, 1.165) is 25.0 Å². The molecule has 0 unspecified atom stereocenters. The Morgan fingerprint density at radius 2 is 1.85 bits per heavy atom. The molecular formula is C11H16OS. The molecule has 72 valence electrons. The Hall–Kier alpha value is -0.500. The zero-order valence-electron chi connectivity index (χ0n) is 7.78. The summed E-state index contributed by atoms with van der Waals surface area (Å²) in [5, 5.41) is 0. The fraction of sp³-hybridized carbons (Fsp3) is 0.545. The van der Waals surface area contributed by atoms with Crippen molar-refractivity contribution in [1.82, 2.24) is 0 Å². The van der Waals surface area contributed by atoms with Crippen molar-refractivity contribution in [1.29, 1.82) is 0 Å². The highest BCUT2D eigenvalue weighted by molar-refractivity contribution is 7.80. The van der Waals surface area contributed by atoms with Crippen molar-refractivity contribution in [3.63, 3.8) is 0 Å². The van der Waals surface area contributed by atoms with Crippen LogP contribution >= 0.6 is 12.6 Å². The molecule has 0 radical (unpaired) electrons. The smallest absolute Gasteiger partial charge is 0.143 e. The van der Waals surface area contributed by atoms with Gasteiger partial charge in [0, 0.05) is 6.42 Å². The van der Waals surface area contributed by atoms with Crippen molar-refractivity contribution >= 4 is 18.4 Å². The molecule has 1 aliphatic rings. The lowest BCUT2D eigenvalue weighted by Crippen LogP contribution is -2.07. The van der Waals surface area contributed by atoms with Crippen LogP contribution in [0.4, 0.5) is 0 Å². The maximum absolute atomic E-state index is 11.5. The van der Waals surface area contributed by atoms with Gasteiger partial charge in [0.25, 0.3) is 0 Å². The lowest BCUT2D eigenvalue weighted by atomic mass is 10.0. The predicted octanol–water partition coefficient (Wildman–Crippen LogP) is 2.79. The number of hydrogen-bond acceptors (Lipinski definition) is 2. The van der Waals surface area contributed by atoms with Crippen molar-refractivity contribution in [3.05, 3.63) is 24.3 Å². The first-order valence-electron chi connectivity index (χ1n) is 4.83. The average Bonchev–Trinajstić information content (AvgIpc) is 2.65. The van der Waals surface area contributed by atoms with Gasteiger partial charge in [0.05, 0.1) is 5.92 Å². The maximum atomic E-state index is 11.5. The molecule has 1 rings (SSSR count). The fourth-order valence-corrected chi connectivity index (χ4v) is 1.62. The number of carbonyl (C=O) groups excluding carboxylic acids is 1. The number of thiol groups is 1. The van der Waals surface area contributed by atoms with Crippen LogP contribution in [-0.2, 0) is 4.79 Å². The third-order valence-electron chi connectivity index (χ3n) is 2.20. The van der Waals surface area contributed by atoms with E-state index in [2.05, 4.69) is 12.6 Å². The maximum Gasteiger partial charge on any atom is 0.143 e. The lowest BCUT2D eigenvalue weighted by molar-refractivity contribution is -0.120. The van der Waals surface area contributed by atoms with Gasteiger partial charge in [-0.3, -0.25) is 4.79 Å². The van der Waals surface area contributed by atoms with Gasteiger partial charge in [0.1, 0.15) is 5.78 Å². The molecule has 0 aliphatic heterocycles. The van der Waals surface area contributed by atoms with E-state index in [1.165, 1.54) is 0 Å². The van der Waals surface area contributed by atoms with Crippen LogP contribution in [0.5, 0.6) is 0 Å². The topological polar surface area (TPSA) is 17.1 Å². The second-order valence-electron chi connectivity index (χ2n) is 3.30. The normalized spacial score (nSPS) is 15.5. The van der Waals surface area contributed by atoms with E-state index < -0.39 is 0 Å². The molecule has 0 amide bonds. The Labute approximate surface area is 85.3 Å². The zero-order valence-corrected chi connectivity index (χ0v) is 8.67. The van der Waals surface area contributed by atoms with Gasteiger partial charge >= 0.3 is 0 Å². The molecule has 1 aliphatic carbocycles. The van der Waals surface area contributed by atoms with Gasteiger partial charge in [-0.1, -0.05) is 30.7 Å². The van der Waals surface area contributed by atoms with E-state index in [1.807, 2.05) is 24.3 Å². The number of Topliss-reactive ketones (excluding diaryl/α,β-unsaturated/α-hetero) is 1. The monoisotopic (exact) mass is 196 g/mol. The van der Waals surface area contributed by atoms with Crippen molar-refractivity contribution in [3.8, 4) is 0 Å². The number of allylic oxidation sites excluding steroid dienone is 4. The molecule has 0 aromatic rings. The summed E-state index contributed by atoms with van der Waals surface area (Å²) in [6.45, 7) is 0. The molecular weight excluding hydrogens is 180 g/mol. The lowest BCUT2D eigenvalue weighted by Gasteiger charge is -2.03. The van der Waals surface area contributed by atoms with Gasteiger partial charge in [-0.15, -0.1) is 0 Å². The van der Waals surface area contributed by atoms with Crippen LogP contribution in [-0.4, -0.2) is 11.5 Å². The molecule has 0 aromatic heterocycles. The first kappa shape index (κ1) is 10.6. The summed E-state index contributed by atoms with van der Waals surface area (Å²) in [7, 11) is 0. The molecule has 0 fully saturated rings. The number of unbranched alkanes of at least 4 members (excludes halogenated alkanes) is 2. The Kier molecular flexibility index (Phi) is 4.91. The predicted molar refractivity (Wildman–Crippen MR) is 59.1 cm³/mol. The van der Waals surface area contributed by atoms with Gasteiger partial charge in [-0.05, 0) is 18.6 Å². The van der Waals surface area contributed by atoms with Crippen molar-refractivity contribution in [2.75, 3.05) is 5.75 Å². The Balaban J connectivity index is 2.11. The molecule has 0 bridgehead atoms. The van der Waals surface area contributed by atoms with Gasteiger partial charge in [0.2, 0.25) is 0 Å². The first-order valence-corrected chi connectivity index (χ1v) is 5.46. The minimum Gasteiger partial charge on any atom is -0.299 e. The molecule has 0 saturated carbocycles. The van der Waals surface area contributed by atoms with Crippen LogP contribution < -0.4 is 0 Å². The third kappa shape index (κ3) is 3.81. The summed E-state index contributed by atoms with van der Waals surface area (Å²) in [5.74, 6) is 1.34. The highest BCUT2D eigenvalue weighted by Gasteiger charge is 2.12. The SMILES string of the molecule is O=C(CCCCCS)C1C=CC=C1. The van der Waals surface area contributed by atoms with Gasteiger partial charge in [0.15, 0.2) is 0 Å². The highest BCUT2D eigenvalue weighted by atomic mass is 32.1. The first-order chi connectivity index (χ1) is 6.34. The van der Waals surface area contributed by atoms with Crippen LogP contribution in [0.1, 0.15) is 25.7 Å². The van der Waals surface area contributed by atoms with Gasteiger partial charge in [-0.25, -0.2) is 0 Å². The summed E-state index contributed by atoms with van der Waals surface area (Å²) in [6, 6.07) is 0.